The number of hydrogen-bond acceptors (Lipinski definition) is 4. The minimum absolute atomic E-state index is 0.0452. The minimum atomic E-state index is -0.630. The first-order valence-electron chi connectivity index (χ1n) is 6.66. The Balaban J connectivity index is 1.85. The molecule has 1 amide bonds. The molecule has 0 aliphatic carbocycles. The number of amides is 1. The summed E-state index contributed by atoms with van der Waals surface area (Å²) in [6.45, 7) is 1.03. The van der Waals surface area contributed by atoms with E-state index in [9.17, 15) is 14.3 Å². The second-order valence-electron chi connectivity index (χ2n) is 5.06. The summed E-state index contributed by atoms with van der Waals surface area (Å²) in [7, 11) is 0. The van der Waals surface area contributed by atoms with Crippen molar-refractivity contribution in [3.63, 3.8) is 0 Å². The highest BCUT2D eigenvalue weighted by atomic mass is 19.1. The van der Waals surface area contributed by atoms with Crippen LogP contribution in [0.2, 0.25) is 0 Å². The molecule has 6 heteroatoms. The number of aliphatic hydroxyl groups is 2. The van der Waals surface area contributed by atoms with E-state index in [0.29, 0.717) is 19.5 Å². The van der Waals surface area contributed by atoms with E-state index < -0.39 is 11.9 Å². The molecular formula is C14H19FN2O3. The van der Waals surface area contributed by atoms with E-state index in [1.165, 1.54) is 12.1 Å². The summed E-state index contributed by atoms with van der Waals surface area (Å²) in [6.07, 6.45) is 0.0139. The number of rotatable bonds is 4. The molecule has 5 nitrogen and oxygen atoms in total. The molecule has 0 radical (unpaired) electrons. The van der Waals surface area contributed by atoms with Crippen LogP contribution in [0.15, 0.2) is 24.3 Å². The van der Waals surface area contributed by atoms with Crippen LogP contribution < -0.4 is 5.32 Å². The maximum Gasteiger partial charge on any atom is 0.238 e. The van der Waals surface area contributed by atoms with E-state index in [0.717, 1.165) is 0 Å². The first-order valence-corrected chi connectivity index (χ1v) is 6.66. The first-order chi connectivity index (χ1) is 9.60. The molecule has 20 heavy (non-hydrogen) atoms. The number of hydrogen-bond donors (Lipinski definition) is 3. The Morgan fingerprint density at radius 1 is 1.45 bits per heavy atom. The van der Waals surface area contributed by atoms with Crippen molar-refractivity contribution in [1.29, 1.82) is 0 Å². The number of piperidine rings is 1. The van der Waals surface area contributed by atoms with Gasteiger partial charge < -0.3 is 15.5 Å². The van der Waals surface area contributed by atoms with E-state index in [-0.39, 0.29) is 30.7 Å². The molecule has 1 fully saturated rings. The molecule has 3 N–H and O–H groups in total. The van der Waals surface area contributed by atoms with Crippen molar-refractivity contribution in [2.75, 3.05) is 31.6 Å². The number of carbonyl (C=O) groups excluding carboxylic acids is 1. The SMILES string of the molecule is O=C(CN1CC[C@H](CO)[C@H](O)C1)Nc1ccccc1F. The highest BCUT2D eigenvalue weighted by Crippen LogP contribution is 2.17. The van der Waals surface area contributed by atoms with Gasteiger partial charge in [-0.3, -0.25) is 9.69 Å². The van der Waals surface area contributed by atoms with Crippen LogP contribution in [0, 0.1) is 11.7 Å². The van der Waals surface area contributed by atoms with Crippen LogP contribution in [0.3, 0.4) is 0 Å². The number of β-amino-alcohol motifs (C(OH)–C–C–N with tert-alkyl or cyclic N) is 1. The molecule has 1 aromatic carbocycles. The number of likely N-dealkylation sites (tertiary alicyclic amines) is 1. The zero-order chi connectivity index (χ0) is 14.5. The maximum atomic E-state index is 13.4. The Labute approximate surface area is 117 Å². The van der Waals surface area contributed by atoms with E-state index in [1.807, 2.05) is 0 Å². The van der Waals surface area contributed by atoms with Gasteiger partial charge in [0.2, 0.25) is 5.91 Å². The fourth-order valence-electron chi connectivity index (χ4n) is 2.36. The Kier molecular flexibility index (Phi) is 5.05. The van der Waals surface area contributed by atoms with Gasteiger partial charge in [-0.15, -0.1) is 0 Å². The fourth-order valence-corrected chi connectivity index (χ4v) is 2.36. The van der Waals surface area contributed by atoms with Crippen molar-refractivity contribution in [3.8, 4) is 0 Å². The van der Waals surface area contributed by atoms with Crippen molar-refractivity contribution < 1.29 is 19.4 Å². The molecule has 2 rings (SSSR count). The second-order valence-corrected chi connectivity index (χ2v) is 5.06. The van der Waals surface area contributed by atoms with E-state index >= 15 is 0 Å². The molecule has 1 aliphatic heterocycles. The topological polar surface area (TPSA) is 72.8 Å². The van der Waals surface area contributed by atoms with E-state index in [4.69, 9.17) is 5.11 Å². The molecule has 0 aromatic heterocycles. The number of benzene rings is 1. The summed E-state index contributed by atoms with van der Waals surface area (Å²) in [5.41, 5.74) is 0.156. The highest BCUT2D eigenvalue weighted by molar-refractivity contribution is 5.92. The molecule has 1 saturated heterocycles. The molecular weight excluding hydrogens is 263 g/mol. The number of halogens is 1. The molecule has 1 aromatic rings. The van der Waals surface area contributed by atoms with Crippen molar-refractivity contribution in [1.82, 2.24) is 4.90 Å². The van der Waals surface area contributed by atoms with Gasteiger partial charge in [-0.2, -0.15) is 0 Å². The predicted octanol–water partition coefficient (Wildman–Crippen LogP) is 0.439. The van der Waals surface area contributed by atoms with Crippen molar-refractivity contribution in [2.24, 2.45) is 5.92 Å². The third-order valence-electron chi connectivity index (χ3n) is 3.56. The zero-order valence-electron chi connectivity index (χ0n) is 11.1. The normalized spacial score (nSPS) is 23.6. The van der Waals surface area contributed by atoms with Gasteiger partial charge in [0.05, 0.1) is 18.3 Å². The Hall–Kier alpha value is -1.50. The third kappa shape index (κ3) is 3.75. The quantitative estimate of drug-likeness (QED) is 0.749. The van der Waals surface area contributed by atoms with Crippen molar-refractivity contribution in [2.45, 2.75) is 12.5 Å². The smallest absolute Gasteiger partial charge is 0.238 e. The molecule has 0 saturated carbocycles. The fraction of sp³-hybridized carbons (Fsp3) is 0.500. The number of anilines is 1. The van der Waals surface area contributed by atoms with Gasteiger partial charge >= 0.3 is 0 Å². The average Bonchev–Trinajstić information content (AvgIpc) is 2.41. The summed E-state index contributed by atoms with van der Waals surface area (Å²) in [4.78, 5) is 13.6. The maximum absolute atomic E-state index is 13.4. The van der Waals surface area contributed by atoms with Gasteiger partial charge in [0, 0.05) is 19.1 Å². The van der Waals surface area contributed by atoms with Crippen molar-refractivity contribution >= 4 is 11.6 Å². The average molecular weight is 282 g/mol. The highest BCUT2D eigenvalue weighted by Gasteiger charge is 2.27. The zero-order valence-corrected chi connectivity index (χ0v) is 11.1. The van der Waals surface area contributed by atoms with Gasteiger partial charge in [-0.25, -0.2) is 4.39 Å². The monoisotopic (exact) mass is 282 g/mol. The lowest BCUT2D eigenvalue weighted by Gasteiger charge is -2.34. The number of carbonyl (C=O) groups is 1. The van der Waals surface area contributed by atoms with Crippen LogP contribution in [-0.4, -0.2) is 53.4 Å². The Morgan fingerprint density at radius 2 is 2.20 bits per heavy atom. The predicted molar refractivity (Wildman–Crippen MR) is 72.7 cm³/mol. The Morgan fingerprint density at radius 3 is 2.85 bits per heavy atom. The molecule has 0 bridgehead atoms. The first kappa shape index (κ1) is 14.9. The van der Waals surface area contributed by atoms with E-state index in [1.54, 1.807) is 17.0 Å². The van der Waals surface area contributed by atoms with Crippen LogP contribution in [0.4, 0.5) is 10.1 Å². The molecule has 1 aliphatic rings. The lowest BCUT2D eigenvalue weighted by atomic mass is 9.95. The molecule has 110 valence electrons. The summed E-state index contributed by atoms with van der Waals surface area (Å²) in [6, 6.07) is 5.99. The molecule has 1 heterocycles. The van der Waals surface area contributed by atoms with Gasteiger partial charge in [0.15, 0.2) is 0 Å². The van der Waals surface area contributed by atoms with Crippen LogP contribution >= 0.6 is 0 Å². The van der Waals surface area contributed by atoms with E-state index in [2.05, 4.69) is 5.32 Å². The van der Waals surface area contributed by atoms with Gasteiger partial charge in [-0.05, 0) is 25.1 Å². The minimum Gasteiger partial charge on any atom is -0.396 e. The number of para-hydroxylation sites is 1. The third-order valence-corrected chi connectivity index (χ3v) is 3.56. The molecule has 0 unspecified atom stereocenters. The number of aliphatic hydroxyl groups excluding tert-OH is 2. The standard InChI is InChI=1S/C14H19FN2O3/c15-11-3-1-2-4-12(11)16-14(20)8-17-6-5-10(9-18)13(19)7-17/h1-4,10,13,18-19H,5-9H2,(H,16,20)/t10-,13-/m1/s1. The number of nitrogens with zero attached hydrogens (tertiary/aromatic N) is 1. The number of nitrogens with one attached hydrogen (secondary N) is 1. The van der Waals surface area contributed by atoms with Crippen LogP contribution in [0.25, 0.3) is 0 Å². The summed E-state index contributed by atoms with van der Waals surface area (Å²) in [5, 5.41) is 21.4. The van der Waals surface area contributed by atoms with Crippen LogP contribution in [-0.2, 0) is 4.79 Å². The van der Waals surface area contributed by atoms with Crippen LogP contribution in [0.5, 0.6) is 0 Å². The lowest BCUT2D eigenvalue weighted by Crippen LogP contribution is -2.47. The van der Waals surface area contributed by atoms with Crippen molar-refractivity contribution in [3.05, 3.63) is 30.1 Å². The summed E-state index contributed by atoms with van der Waals surface area (Å²) >= 11 is 0. The summed E-state index contributed by atoms with van der Waals surface area (Å²) in [5.74, 6) is -0.912. The van der Waals surface area contributed by atoms with Crippen LogP contribution in [0.1, 0.15) is 6.42 Å². The van der Waals surface area contributed by atoms with Gasteiger partial charge in [0.1, 0.15) is 5.82 Å². The Bertz CT molecular complexity index is 469. The largest absolute Gasteiger partial charge is 0.396 e. The van der Waals surface area contributed by atoms with Gasteiger partial charge in [-0.1, -0.05) is 12.1 Å². The second kappa shape index (κ2) is 6.78. The lowest BCUT2D eigenvalue weighted by molar-refractivity contribution is -0.118. The molecule has 0 spiro atoms. The summed E-state index contributed by atoms with van der Waals surface area (Å²) < 4.78 is 13.4. The van der Waals surface area contributed by atoms with Gasteiger partial charge in [0.25, 0.3) is 0 Å². The molecule has 2 atom stereocenters.